The van der Waals surface area contributed by atoms with Crippen molar-refractivity contribution in [1.82, 2.24) is 14.5 Å². The summed E-state index contributed by atoms with van der Waals surface area (Å²) in [5, 5.41) is 0.795. The van der Waals surface area contributed by atoms with Crippen LogP contribution in [0.3, 0.4) is 0 Å². The molecule has 0 N–H and O–H groups in total. The average molecular weight is 478 g/mol. The number of ether oxygens (including phenoxy) is 1. The van der Waals surface area contributed by atoms with Crippen LogP contribution in [0.5, 0.6) is 0 Å². The first-order valence-corrected chi connectivity index (χ1v) is 14.1. The zero-order chi connectivity index (χ0) is 22.6. The van der Waals surface area contributed by atoms with Gasteiger partial charge in [-0.3, -0.25) is 4.79 Å². The Balaban J connectivity index is 1.50. The molecule has 1 aromatic carbocycles. The molecule has 0 radical (unpaired) electrons. The lowest BCUT2D eigenvalue weighted by molar-refractivity contribution is -0.130. The average Bonchev–Trinajstić information content (AvgIpc) is 3.52. The quantitative estimate of drug-likeness (QED) is 0.516. The molecule has 0 spiro atoms. The van der Waals surface area contributed by atoms with Crippen LogP contribution in [0.4, 0.5) is 0 Å². The lowest BCUT2D eigenvalue weighted by Crippen LogP contribution is -2.42. The van der Waals surface area contributed by atoms with Crippen LogP contribution in [0.1, 0.15) is 32.6 Å². The Morgan fingerprint density at radius 1 is 1.28 bits per heavy atom. The number of hydrogen-bond donors (Lipinski definition) is 0. The molecule has 2 aliphatic rings. The fourth-order valence-electron chi connectivity index (χ4n) is 4.46. The molecule has 2 aliphatic heterocycles. The zero-order valence-electron chi connectivity index (χ0n) is 18.5. The minimum Gasteiger partial charge on any atom is -0.376 e. The summed E-state index contributed by atoms with van der Waals surface area (Å²) in [6.07, 6.45) is 5.45. The third-order valence-corrected chi connectivity index (χ3v) is 8.78. The van der Waals surface area contributed by atoms with E-state index in [4.69, 9.17) is 4.74 Å². The third-order valence-electron chi connectivity index (χ3n) is 6.06. The second-order valence-electron chi connectivity index (χ2n) is 8.47. The van der Waals surface area contributed by atoms with E-state index in [1.165, 1.54) is 11.8 Å². The molecule has 2 unspecified atom stereocenters. The number of rotatable bonds is 9. The maximum Gasteiger partial charge on any atom is 0.233 e. The zero-order valence-corrected chi connectivity index (χ0v) is 20.1. The summed E-state index contributed by atoms with van der Waals surface area (Å²) in [6.45, 7) is 4.09. The number of amides is 1. The van der Waals surface area contributed by atoms with Crippen molar-refractivity contribution in [3.05, 3.63) is 36.5 Å². The van der Waals surface area contributed by atoms with E-state index in [1.807, 2.05) is 31.3 Å². The van der Waals surface area contributed by atoms with Crippen LogP contribution in [-0.4, -0.2) is 71.3 Å². The number of nitrogens with zero attached hydrogens (tertiary/aromatic N) is 3. The van der Waals surface area contributed by atoms with Gasteiger partial charge in [0.2, 0.25) is 5.91 Å². The smallest absolute Gasteiger partial charge is 0.233 e. The van der Waals surface area contributed by atoms with Gasteiger partial charge in [-0.2, -0.15) is 0 Å². The number of aromatic nitrogens is 2. The van der Waals surface area contributed by atoms with Crippen molar-refractivity contribution in [2.24, 2.45) is 0 Å². The molecular formula is C23H31N3O4S2. The highest BCUT2D eigenvalue weighted by Crippen LogP contribution is 2.29. The van der Waals surface area contributed by atoms with E-state index in [1.54, 1.807) is 4.90 Å². The Bertz CT molecular complexity index is 1020. The Hall–Kier alpha value is -1.84. The number of sulfone groups is 1. The van der Waals surface area contributed by atoms with Crippen LogP contribution >= 0.6 is 11.8 Å². The largest absolute Gasteiger partial charge is 0.376 e. The highest BCUT2D eigenvalue weighted by Gasteiger charge is 2.34. The fourth-order valence-corrected chi connectivity index (χ4v) is 7.07. The van der Waals surface area contributed by atoms with Crippen molar-refractivity contribution in [1.29, 1.82) is 0 Å². The third kappa shape index (κ3) is 5.55. The van der Waals surface area contributed by atoms with Crippen LogP contribution in [0, 0.1) is 0 Å². The predicted molar refractivity (Wildman–Crippen MR) is 126 cm³/mol. The van der Waals surface area contributed by atoms with Crippen molar-refractivity contribution in [3.63, 3.8) is 0 Å². The predicted octanol–water partition coefficient (Wildman–Crippen LogP) is 3.25. The molecule has 32 heavy (non-hydrogen) atoms. The van der Waals surface area contributed by atoms with E-state index in [0.717, 1.165) is 42.3 Å². The van der Waals surface area contributed by atoms with Gasteiger partial charge in [-0.05, 0) is 31.2 Å². The number of benzene rings is 1. The van der Waals surface area contributed by atoms with E-state index in [9.17, 15) is 13.2 Å². The highest BCUT2D eigenvalue weighted by molar-refractivity contribution is 7.99. The maximum absolute atomic E-state index is 13.1. The van der Waals surface area contributed by atoms with Crippen LogP contribution in [0.2, 0.25) is 0 Å². The monoisotopic (exact) mass is 477 g/mol. The van der Waals surface area contributed by atoms with Crippen molar-refractivity contribution in [2.75, 3.05) is 30.4 Å². The van der Waals surface area contributed by atoms with Crippen LogP contribution in [-0.2, 0) is 25.9 Å². The molecular weight excluding hydrogens is 446 g/mol. The normalized spacial score (nSPS) is 22.3. The molecule has 2 fully saturated rings. The van der Waals surface area contributed by atoms with Crippen LogP contribution < -0.4 is 0 Å². The lowest BCUT2D eigenvalue weighted by Gasteiger charge is -2.28. The fraction of sp³-hybridized carbons (Fsp3) is 0.565. The molecule has 1 aromatic heterocycles. The Labute approximate surface area is 194 Å². The molecule has 2 atom stereocenters. The Kier molecular flexibility index (Phi) is 7.58. The second kappa shape index (κ2) is 10.4. The van der Waals surface area contributed by atoms with Gasteiger partial charge < -0.3 is 14.2 Å². The molecule has 7 nitrogen and oxygen atoms in total. The summed E-state index contributed by atoms with van der Waals surface area (Å²) >= 11 is 1.42. The summed E-state index contributed by atoms with van der Waals surface area (Å²) in [5.74, 6) is 0.472. The van der Waals surface area contributed by atoms with Gasteiger partial charge in [-0.25, -0.2) is 13.4 Å². The maximum atomic E-state index is 13.1. The summed E-state index contributed by atoms with van der Waals surface area (Å²) in [4.78, 5) is 19.5. The van der Waals surface area contributed by atoms with Crippen LogP contribution in [0.25, 0.3) is 11.3 Å². The molecule has 0 aliphatic carbocycles. The molecule has 9 heteroatoms. The van der Waals surface area contributed by atoms with Crippen molar-refractivity contribution in [2.45, 2.75) is 56.5 Å². The van der Waals surface area contributed by atoms with E-state index >= 15 is 0 Å². The molecule has 0 saturated carbocycles. The van der Waals surface area contributed by atoms with E-state index in [2.05, 4.69) is 21.7 Å². The summed E-state index contributed by atoms with van der Waals surface area (Å²) in [5.41, 5.74) is 2.10. The number of thioether (sulfide) groups is 1. The molecule has 3 heterocycles. The van der Waals surface area contributed by atoms with Gasteiger partial charge in [0, 0.05) is 19.2 Å². The van der Waals surface area contributed by atoms with Crippen LogP contribution in [0.15, 0.2) is 41.7 Å². The number of carbonyl (C=O) groups is 1. The van der Waals surface area contributed by atoms with Crippen molar-refractivity contribution in [3.8, 4) is 11.3 Å². The van der Waals surface area contributed by atoms with Crippen molar-refractivity contribution >= 4 is 27.5 Å². The van der Waals surface area contributed by atoms with Gasteiger partial charge in [0.1, 0.15) is 0 Å². The number of hydrogen-bond acceptors (Lipinski definition) is 6. The van der Waals surface area contributed by atoms with E-state index in [-0.39, 0.29) is 35.3 Å². The second-order valence-corrected chi connectivity index (χ2v) is 11.6. The molecule has 0 bridgehead atoms. The highest BCUT2D eigenvalue weighted by atomic mass is 32.2. The number of carbonyl (C=O) groups excluding carboxylic acids is 1. The first kappa shape index (κ1) is 23.3. The molecule has 4 rings (SSSR count). The summed E-state index contributed by atoms with van der Waals surface area (Å²) < 4.78 is 31.9. The van der Waals surface area contributed by atoms with Gasteiger partial charge in [-0.15, -0.1) is 0 Å². The van der Waals surface area contributed by atoms with Gasteiger partial charge in [0.15, 0.2) is 15.0 Å². The topological polar surface area (TPSA) is 81.5 Å². The summed E-state index contributed by atoms with van der Waals surface area (Å²) in [6, 6.07) is 9.92. The Morgan fingerprint density at radius 3 is 2.75 bits per heavy atom. The van der Waals surface area contributed by atoms with Gasteiger partial charge in [-0.1, -0.05) is 49.0 Å². The van der Waals surface area contributed by atoms with Gasteiger partial charge in [0.25, 0.3) is 0 Å². The van der Waals surface area contributed by atoms with Crippen molar-refractivity contribution < 1.29 is 17.9 Å². The minimum absolute atomic E-state index is 0.0214. The molecule has 174 valence electrons. The number of imidazole rings is 1. The van der Waals surface area contributed by atoms with E-state index in [0.29, 0.717) is 19.5 Å². The SMILES string of the molecule is CCCN(C(=O)CSc1ncc(-c2ccccc2)n1CC1CCCO1)C1CCS(=O)(=O)C1. The van der Waals surface area contributed by atoms with Gasteiger partial charge in [0.05, 0.1) is 41.8 Å². The van der Waals surface area contributed by atoms with E-state index < -0.39 is 9.84 Å². The first-order chi connectivity index (χ1) is 15.5. The Morgan fingerprint density at radius 2 is 2.09 bits per heavy atom. The summed E-state index contributed by atoms with van der Waals surface area (Å²) in [7, 11) is -3.04. The first-order valence-electron chi connectivity index (χ1n) is 11.3. The lowest BCUT2D eigenvalue weighted by atomic mass is 10.1. The van der Waals surface area contributed by atoms with Gasteiger partial charge >= 0.3 is 0 Å². The minimum atomic E-state index is -3.04. The molecule has 1 amide bonds. The standard InChI is InChI=1S/C23H31N3O4S2/c1-2-11-25(19-10-13-32(28,29)17-19)22(27)16-31-23-24-14-21(18-7-4-3-5-8-18)26(23)15-20-9-6-12-30-20/h3-5,7-8,14,19-20H,2,6,9-13,15-17H2,1H3. The molecule has 2 saturated heterocycles. The molecule has 2 aromatic rings.